The third-order valence-corrected chi connectivity index (χ3v) is 2.70. The fourth-order valence-electron chi connectivity index (χ4n) is 1.71. The number of rotatable bonds is 3. The Hall–Kier alpha value is -1.49. The molecule has 0 bridgehead atoms. The van der Waals surface area contributed by atoms with Gasteiger partial charge in [0.1, 0.15) is 11.8 Å². The smallest absolute Gasteiger partial charge is 0.139 e. The summed E-state index contributed by atoms with van der Waals surface area (Å²) in [6, 6.07) is 6.14. The fourth-order valence-corrected chi connectivity index (χ4v) is 1.71. The van der Waals surface area contributed by atoms with Crippen LogP contribution in [-0.2, 0) is 0 Å². The molecule has 0 heterocycles. The number of nitrogens with zero attached hydrogens (tertiary/aromatic N) is 1. The van der Waals surface area contributed by atoms with Gasteiger partial charge in [-0.25, -0.2) is 0 Å². The van der Waals surface area contributed by atoms with Crippen LogP contribution in [-0.4, -0.2) is 6.61 Å². The molecule has 0 spiro atoms. The summed E-state index contributed by atoms with van der Waals surface area (Å²) in [5.74, 6) is 1.49. The second kappa shape index (κ2) is 3.94. The van der Waals surface area contributed by atoms with E-state index in [1.807, 2.05) is 19.9 Å². The first-order chi connectivity index (χ1) is 7.20. The lowest BCUT2D eigenvalue weighted by Crippen LogP contribution is -2.02. The zero-order valence-electron chi connectivity index (χ0n) is 9.21. The third kappa shape index (κ3) is 2.30. The Bertz CT molecular complexity index is 413. The highest BCUT2D eigenvalue weighted by Gasteiger charge is 2.22. The Morgan fingerprint density at radius 3 is 2.73 bits per heavy atom. The van der Waals surface area contributed by atoms with Crippen molar-refractivity contribution < 1.29 is 4.74 Å². The number of ether oxygens (including phenoxy) is 1. The van der Waals surface area contributed by atoms with Crippen molar-refractivity contribution >= 4 is 0 Å². The predicted molar refractivity (Wildman–Crippen MR) is 58.9 cm³/mol. The monoisotopic (exact) mass is 201 g/mol. The molecule has 15 heavy (non-hydrogen) atoms. The molecule has 1 aromatic rings. The van der Waals surface area contributed by atoms with Crippen LogP contribution in [0.15, 0.2) is 12.1 Å². The lowest BCUT2D eigenvalue weighted by atomic mass is 10.1. The summed E-state index contributed by atoms with van der Waals surface area (Å²) in [5, 5.41) is 9.02. The third-order valence-electron chi connectivity index (χ3n) is 2.70. The summed E-state index contributed by atoms with van der Waals surface area (Å²) in [4.78, 5) is 0. The van der Waals surface area contributed by atoms with E-state index in [0.717, 1.165) is 29.4 Å². The van der Waals surface area contributed by atoms with E-state index in [0.29, 0.717) is 5.56 Å². The van der Waals surface area contributed by atoms with Crippen LogP contribution >= 0.6 is 0 Å². The van der Waals surface area contributed by atoms with Crippen LogP contribution in [0.3, 0.4) is 0 Å². The highest BCUT2D eigenvalue weighted by atomic mass is 16.5. The van der Waals surface area contributed by atoms with Crippen LogP contribution in [0.4, 0.5) is 0 Å². The molecule has 1 aliphatic carbocycles. The first-order valence-corrected chi connectivity index (χ1v) is 5.35. The molecule has 1 aliphatic rings. The Morgan fingerprint density at radius 1 is 1.40 bits per heavy atom. The lowest BCUT2D eigenvalue weighted by molar-refractivity contribution is 0.297. The quantitative estimate of drug-likeness (QED) is 0.753. The molecule has 0 unspecified atom stereocenters. The average Bonchev–Trinajstić information content (AvgIpc) is 2.99. The molecule has 2 heteroatoms. The molecule has 0 N–H and O–H groups in total. The molecule has 78 valence electrons. The maximum absolute atomic E-state index is 9.02. The average molecular weight is 201 g/mol. The van der Waals surface area contributed by atoms with Gasteiger partial charge in [0.15, 0.2) is 0 Å². The molecule has 0 aliphatic heterocycles. The lowest BCUT2D eigenvalue weighted by Gasteiger charge is -2.11. The van der Waals surface area contributed by atoms with Gasteiger partial charge in [-0.2, -0.15) is 5.26 Å². The van der Waals surface area contributed by atoms with E-state index in [9.17, 15) is 0 Å². The standard InChI is InChI=1S/C13H15NO/c1-9-5-10(2)13(12(6-9)7-14)15-8-11-3-4-11/h5-6,11H,3-4,8H2,1-2H3. The number of aryl methyl sites for hydroxylation is 2. The van der Waals surface area contributed by atoms with E-state index < -0.39 is 0 Å². The highest BCUT2D eigenvalue weighted by Crippen LogP contribution is 2.31. The van der Waals surface area contributed by atoms with E-state index in [1.165, 1.54) is 12.8 Å². The van der Waals surface area contributed by atoms with Crippen molar-refractivity contribution in [2.24, 2.45) is 5.92 Å². The molecule has 1 saturated carbocycles. The second-order valence-corrected chi connectivity index (χ2v) is 4.32. The molecule has 0 aromatic heterocycles. The van der Waals surface area contributed by atoms with Gasteiger partial charge in [0.25, 0.3) is 0 Å². The summed E-state index contributed by atoms with van der Waals surface area (Å²) in [7, 11) is 0. The molecular weight excluding hydrogens is 186 g/mol. The van der Waals surface area contributed by atoms with Crippen LogP contribution in [0, 0.1) is 31.1 Å². The van der Waals surface area contributed by atoms with Crippen molar-refractivity contribution in [3.8, 4) is 11.8 Å². The van der Waals surface area contributed by atoms with E-state index in [-0.39, 0.29) is 0 Å². The molecular formula is C13H15NO. The van der Waals surface area contributed by atoms with Gasteiger partial charge in [0.05, 0.1) is 12.2 Å². The molecule has 0 atom stereocenters. The van der Waals surface area contributed by atoms with Gasteiger partial charge >= 0.3 is 0 Å². The van der Waals surface area contributed by atoms with E-state index in [2.05, 4.69) is 12.1 Å². The molecule has 1 fully saturated rings. The van der Waals surface area contributed by atoms with Crippen molar-refractivity contribution in [2.75, 3.05) is 6.61 Å². The van der Waals surface area contributed by atoms with Crippen LogP contribution in [0.2, 0.25) is 0 Å². The van der Waals surface area contributed by atoms with Gasteiger partial charge in [-0.1, -0.05) is 6.07 Å². The van der Waals surface area contributed by atoms with E-state index >= 15 is 0 Å². The molecule has 2 nitrogen and oxygen atoms in total. The molecule has 2 rings (SSSR count). The fraction of sp³-hybridized carbons (Fsp3) is 0.462. The minimum Gasteiger partial charge on any atom is -0.492 e. The molecule has 0 radical (unpaired) electrons. The van der Waals surface area contributed by atoms with Gasteiger partial charge in [0, 0.05) is 0 Å². The maximum atomic E-state index is 9.02. The van der Waals surface area contributed by atoms with Crippen molar-refractivity contribution in [3.63, 3.8) is 0 Å². The molecule has 1 aromatic carbocycles. The van der Waals surface area contributed by atoms with Gasteiger partial charge in [-0.15, -0.1) is 0 Å². The van der Waals surface area contributed by atoms with Crippen LogP contribution in [0.25, 0.3) is 0 Å². The Kier molecular flexibility index (Phi) is 2.64. The largest absolute Gasteiger partial charge is 0.492 e. The Morgan fingerprint density at radius 2 is 2.13 bits per heavy atom. The van der Waals surface area contributed by atoms with Gasteiger partial charge < -0.3 is 4.74 Å². The molecule has 0 saturated heterocycles. The first kappa shape index (κ1) is 10.0. The van der Waals surface area contributed by atoms with Crippen molar-refractivity contribution in [3.05, 3.63) is 28.8 Å². The van der Waals surface area contributed by atoms with Crippen LogP contribution in [0.1, 0.15) is 29.5 Å². The zero-order valence-corrected chi connectivity index (χ0v) is 9.21. The number of benzene rings is 1. The predicted octanol–water partition coefficient (Wildman–Crippen LogP) is 2.96. The second-order valence-electron chi connectivity index (χ2n) is 4.32. The van der Waals surface area contributed by atoms with E-state index in [4.69, 9.17) is 10.00 Å². The topological polar surface area (TPSA) is 33.0 Å². The summed E-state index contributed by atoms with van der Waals surface area (Å²) < 4.78 is 5.72. The van der Waals surface area contributed by atoms with Crippen molar-refractivity contribution in [1.29, 1.82) is 5.26 Å². The normalized spacial score (nSPS) is 14.7. The Labute approximate surface area is 90.5 Å². The summed E-state index contributed by atoms with van der Waals surface area (Å²) in [6.45, 7) is 4.76. The summed E-state index contributed by atoms with van der Waals surface area (Å²) in [6.07, 6.45) is 2.54. The van der Waals surface area contributed by atoms with Gasteiger partial charge in [-0.3, -0.25) is 0 Å². The number of nitriles is 1. The minimum absolute atomic E-state index is 0.660. The SMILES string of the molecule is Cc1cc(C)c(OCC2CC2)c(C#N)c1. The minimum atomic E-state index is 0.660. The number of hydrogen-bond donors (Lipinski definition) is 0. The highest BCUT2D eigenvalue weighted by molar-refractivity contribution is 5.50. The molecule has 0 amide bonds. The summed E-state index contributed by atoms with van der Waals surface area (Å²) >= 11 is 0. The van der Waals surface area contributed by atoms with Crippen molar-refractivity contribution in [2.45, 2.75) is 26.7 Å². The maximum Gasteiger partial charge on any atom is 0.139 e. The zero-order chi connectivity index (χ0) is 10.8. The van der Waals surface area contributed by atoms with Gasteiger partial charge in [0.2, 0.25) is 0 Å². The van der Waals surface area contributed by atoms with E-state index in [1.54, 1.807) is 0 Å². The number of hydrogen-bond acceptors (Lipinski definition) is 2. The Balaban J connectivity index is 2.22. The van der Waals surface area contributed by atoms with Crippen LogP contribution in [0.5, 0.6) is 5.75 Å². The first-order valence-electron chi connectivity index (χ1n) is 5.35. The van der Waals surface area contributed by atoms with Crippen molar-refractivity contribution in [1.82, 2.24) is 0 Å². The summed E-state index contributed by atoms with van der Waals surface area (Å²) in [5.41, 5.74) is 2.84. The van der Waals surface area contributed by atoms with Gasteiger partial charge in [-0.05, 0) is 49.8 Å². The van der Waals surface area contributed by atoms with Crippen LogP contribution < -0.4 is 4.74 Å².